The van der Waals surface area contributed by atoms with Gasteiger partial charge >= 0.3 is 0 Å². The zero-order valence-electron chi connectivity index (χ0n) is 16.0. The second-order valence-electron chi connectivity index (χ2n) is 6.75. The summed E-state index contributed by atoms with van der Waals surface area (Å²) in [7, 11) is 1.60. The van der Waals surface area contributed by atoms with Crippen LogP contribution in [0.25, 0.3) is 6.08 Å². The standard InChI is InChI=1S/C22H23BrN2O3/c1-16-15-24(21(26)12-5-17-3-8-19(23)9-4-17)13-14-25(16)22(27)18-6-10-20(28-2)11-7-18/h3-12,16H,13-15H2,1-2H3/b12-5+. The average molecular weight is 443 g/mol. The lowest BCUT2D eigenvalue weighted by Gasteiger charge is -2.39. The molecule has 1 unspecified atom stereocenters. The molecule has 1 atom stereocenters. The highest BCUT2D eigenvalue weighted by molar-refractivity contribution is 9.10. The second kappa shape index (κ2) is 9.06. The zero-order chi connectivity index (χ0) is 20.1. The van der Waals surface area contributed by atoms with Gasteiger partial charge in [-0.1, -0.05) is 28.1 Å². The first-order chi connectivity index (χ1) is 13.5. The first-order valence-electron chi connectivity index (χ1n) is 9.15. The molecule has 28 heavy (non-hydrogen) atoms. The molecule has 0 radical (unpaired) electrons. The minimum absolute atomic E-state index is 0.0207. The van der Waals surface area contributed by atoms with E-state index in [1.54, 1.807) is 42.4 Å². The zero-order valence-corrected chi connectivity index (χ0v) is 17.6. The highest BCUT2D eigenvalue weighted by Gasteiger charge is 2.29. The van der Waals surface area contributed by atoms with Crippen LogP contribution in [0.15, 0.2) is 59.1 Å². The highest BCUT2D eigenvalue weighted by atomic mass is 79.9. The molecule has 2 aromatic carbocycles. The van der Waals surface area contributed by atoms with E-state index in [1.165, 1.54) is 0 Å². The van der Waals surface area contributed by atoms with E-state index >= 15 is 0 Å². The normalized spacial score (nSPS) is 17.0. The summed E-state index contributed by atoms with van der Waals surface area (Å²) >= 11 is 3.40. The van der Waals surface area contributed by atoms with Gasteiger partial charge in [-0.25, -0.2) is 0 Å². The molecule has 0 aromatic heterocycles. The predicted molar refractivity (Wildman–Crippen MR) is 113 cm³/mol. The lowest BCUT2D eigenvalue weighted by Crippen LogP contribution is -2.55. The molecule has 1 saturated heterocycles. The van der Waals surface area contributed by atoms with E-state index in [4.69, 9.17) is 4.74 Å². The fraction of sp³-hybridized carbons (Fsp3) is 0.273. The molecule has 0 N–H and O–H groups in total. The highest BCUT2D eigenvalue weighted by Crippen LogP contribution is 2.18. The average Bonchev–Trinajstić information content (AvgIpc) is 2.72. The Bertz CT molecular complexity index is 862. The molecule has 0 aliphatic carbocycles. The largest absolute Gasteiger partial charge is 0.497 e. The summed E-state index contributed by atoms with van der Waals surface area (Å²) < 4.78 is 6.14. The molecule has 2 aromatic rings. The van der Waals surface area contributed by atoms with Crippen molar-refractivity contribution in [2.45, 2.75) is 13.0 Å². The van der Waals surface area contributed by atoms with Gasteiger partial charge in [0.15, 0.2) is 0 Å². The first-order valence-corrected chi connectivity index (χ1v) is 9.95. The Labute approximate surface area is 173 Å². The number of methoxy groups -OCH3 is 1. The number of nitrogens with zero attached hydrogens (tertiary/aromatic N) is 2. The van der Waals surface area contributed by atoms with Crippen LogP contribution in [0.3, 0.4) is 0 Å². The van der Waals surface area contributed by atoms with Gasteiger partial charge in [0.2, 0.25) is 5.91 Å². The van der Waals surface area contributed by atoms with Crippen LogP contribution in [0.1, 0.15) is 22.8 Å². The molecule has 2 amide bonds. The maximum Gasteiger partial charge on any atom is 0.254 e. The van der Waals surface area contributed by atoms with E-state index in [-0.39, 0.29) is 17.9 Å². The molecular weight excluding hydrogens is 420 g/mol. The molecule has 0 saturated carbocycles. The summed E-state index contributed by atoms with van der Waals surface area (Å²) in [5.41, 5.74) is 1.60. The van der Waals surface area contributed by atoms with Gasteiger partial charge < -0.3 is 14.5 Å². The minimum Gasteiger partial charge on any atom is -0.497 e. The van der Waals surface area contributed by atoms with Crippen LogP contribution in [0, 0.1) is 0 Å². The molecule has 1 fully saturated rings. The van der Waals surface area contributed by atoms with E-state index in [1.807, 2.05) is 42.2 Å². The third-order valence-electron chi connectivity index (χ3n) is 4.83. The Kier molecular flexibility index (Phi) is 6.52. The SMILES string of the molecule is COc1ccc(C(=O)N2CCN(C(=O)/C=C/c3ccc(Br)cc3)CC2C)cc1. The smallest absolute Gasteiger partial charge is 0.254 e. The van der Waals surface area contributed by atoms with Crippen LogP contribution in [0.4, 0.5) is 0 Å². The maximum atomic E-state index is 12.8. The van der Waals surface area contributed by atoms with Crippen molar-refractivity contribution in [2.24, 2.45) is 0 Å². The number of carbonyl (C=O) groups excluding carboxylic acids is 2. The summed E-state index contributed by atoms with van der Waals surface area (Å²) in [4.78, 5) is 28.9. The molecule has 1 aliphatic rings. The second-order valence-corrected chi connectivity index (χ2v) is 7.66. The van der Waals surface area contributed by atoms with Gasteiger partial charge in [0.25, 0.3) is 5.91 Å². The molecule has 0 spiro atoms. The van der Waals surface area contributed by atoms with Gasteiger partial charge in [-0.15, -0.1) is 0 Å². The summed E-state index contributed by atoms with van der Waals surface area (Å²) in [5, 5.41) is 0. The summed E-state index contributed by atoms with van der Waals surface area (Å²) in [6.07, 6.45) is 3.41. The topological polar surface area (TPSA) is 49.9 Å². The Hall–Kier alpha value is -2.60. The van der Waals surface area contributed by atoms with Crippen LogP contribution in [0.5, 0.6) is 5.75 Å². The van der Waals surface area contributed by atoms with Gasteiger partial charge in [0.1, 0.15) is 5.75 Å². The van der Waals surface area contributed by atoms with Gasteiger partial charge in [-0.2, -0.15) is 0 Å². The van der Waals surface area contributed by atoms with Crippen molar-refractivity contribution in [1.82, 2.24) is 9.80 Å². The Morgan fingerprint density at radius 1 is 1.07 bits per heavy atom. The van der Waals surface area contributed by atoms with Crippen molar-refractivity contribution < 1.29 is 14.3 Å². The lowest BCUT2D eigenvalue weighted by atomic mass is 10.1. The van der Waals surface area contributed by atoms with E-state index in [2.05, 4.69) is 15.9 Å². The predicted octanol–water partition coefficient (Wildman–Crippen LogP) is 3.84. The summed E-state index contributed by atoms with van der Waals surface area (Å²) in [6, 6.07) is 14.8. The third-order valence-corrected chi connectivity index (χ3v) is 5.35. The van der Waals surface area contributed by atoms with Gasteiger partial charge in [0.05, 0.1) is 7.11 Å². The molecule has 0 bridgehead atoms. The van der Waals surface area contributed by atoms with E-state index in [0.717, 1.165) is 15.8 Å². The summed E-state index contributed by atoms with van der Waals surface area (Å²) in [5.74, 6) is 0.663. The van der Waals surface area contributed by atoms with Crippen LogP contribution in [0.2, 0.25) is 0 Å². The molecule has 1 aliphatic heterocycles. The molecule has 3 rings (SSSR count). The number of halogens is 1. The molecule has 5 nitrogen and oxygen atoms in total. The van der Waals surface area contributed by atoms with Crippen molar-refractivity contribution in [3.05, 3.63) is 70.2 Å². The minimum atomic E-state index is -0.0478. The number of piperazine rings is 1. The van der Waals surface area contributed by atoms with Crippen molar-refractivity contribution in [3.63, 3.8) is 0 Å². The fourth-order valence-electron chi connectivity index (χ4n) is 3.21. The van der Waals surface area contributed by atoms with Crippen LogP contribution in [-0.2, 0) is 4.79 Å². The monoisotopic (exact) mass is 442 g/mol. The van der Waals surface area contributed by atoms with E-state index in [9.17, 15) is 9.59 Å². The summed E-state index contributed by atoms with van der Waals surface area (Å²) in [6.45, 7) is 3.53. The van der Waals surface area contributed by atoms with E-state index in [0.29, 0.717) is 25.2 Å². The van der Waals surface area contributed by atoms with E-state index < -0.39 is 0 Å². The van der Waals surface area contributed by atoms with Crippen LogP contribution in [-0.4, -0.2) is 54.4 Å². The maximum absolute atomic E-state index is 12.8. The van der Waals surface area contributed by atoms with Crippen molar-refractivity contribution in [2.75, 3.05) is 26.7 Å². The fourth-order valence-corrected chi connectivity index (χ4v) is 3.47. The number of amides is 2. The number of benzene rings is 2. The quantitative estimate of drug-likeness (QED) is 0.675. The first kappa shape index (κ1) is 20.1. The number of hydrogen-bond donors (Lipinski definition) is 0. The molecule has 6 heteroatoms. The van der Waals surface area contributed by atoms with Crippen molar-refractivity contribution >= 4 is 33.8 Å². The van der Waals surface area contributed by atoms with Crippen LogP contribution < -0.4 is 4.74 Å². The number of ether oxygens (including phenoxy) is 1. The number of rotatable bonds is 4. The molecular formula is C22H23BrN2O3. The number of carbonyl (C=O) groups is 2. The molecule has 1 heterocycles. The molecule has 146 valence electrons. The van der Waals surface area contributed by atoms with Gasteiger partial charge in [0, 0.05) is 41.8 Å². The Morgan fingerprint density at radius 2 is 1.75 bits per heavy atom. The van der Waals surface area contributed by atoms with Crippen molar-refractivity contribution in [3.8, 4) is 5.75 Å². The third kappa shape index (κ3) is 4.81. The van der Waals surface area contributed by atoms with Gasteiger partial charge in [-0.3, -0.25) is 9.59 Å². The number of hydrogen-bond acceptors (Lipinski definition) is 3. The lowest BCUT2D eigenvalue weighted by molar-refractivity contribution is -0.128. The Morgan fingerprint density at radius 3 is 2.36 bits per heavy atom. The van der Waals surface area contributed by atoms with Gasteiger partial charge in [-0.05, 0) is 55.0 Å². The Balaban J connectivity index is 1.59. The van der Waals surface area contributed by atoms with Crippen LogP contribution >= 0.6 is 15.9 Å². The van der Waals surface area contributed by atoms with Crippen molar-refractivity contribution in [1.29, 1.82) is 0 Å².